The maximum atomic E-state index is 15.8. The summed E-state index contributed by atoms with van der Waals surface area (Å²) in [5, 5.41) is 7.89. The maximum Gasteiger partial charge on any atom is 0.254 e. The van der Waals surface area contributed by atoms with Gasteiger partial charge in [0.25, 0.3) is 5.91 Å². The molecule has 13 heteroatoms. The third-order valence-electron chi connectivity index (χ3n) is 11.2. The number of hydrogen-bond donors (Lipinski definition) is 1. The third kappa shape index (κ3) is 5.95. The smallest absolute Gasteiger partial charge is 0.254 e. The SMILES string of the molecule is O=C1c2ccc(CN3CCN(c4cccc(-c5cnn6ccc(N7CCC[C@@H]7c7cc(F)ccc7F)nc56)n4)CC3)c(F)c2CN1C1CCCNC1. The van der Waals surface area contributed by atoms with Crippen molar-refractivity contribution in [3.8, 4) is 11.3 Å². The van der Waals surface area contributed by atoms with Crippen molar-refractivity contribution in [1.82, 2.24) is 34.7 Å². The zero-order valence-electron chi connectivity index (χ0n) is 28.8. The highest BCUT2D eigenvalue weighted by Gasteiger charge is 2.36. The summed E-state index contributed by atoms with van der Waals surface area (Å²) in [6.07, 6.45) is 7.11. The van der Waals surface area contributed by atoms with Crippen LogP contribution in [0, 0.1) is 17.5 Å². The van der Waals surface area contributed by atoms with Crippen LogP contribution < -0.4 is 15.1 Å². The van der Waals surface area contributed by atoms with Crippen LogP contribution in [0.15, 0.2) is 67.0 Å². The minimum absolute atomic E-state index is 0.0596. The summed E-state index contributed by atoms with van der Waals surface area (Å²) in [7, 11) is 0. The molecule has 1 amide bonds. The Labute approximate surface area is 299 Å². The molecule has 0 spiro atoms. The second-order valence-electron chi connectivity index (χ2n) is 14.3. The highest BCUT2D eigenvalue weighted by atomic mass is 19.1. The Bertz CT molecular complexity index is 2140. The number of pyridine rings is 1. The Hall–Kier alpha value is -5.01. The number of amides is 1. The molecule has 2 aromatic carbocycles. The number of carbonyl (C=O) groups excluding carboxylic acids is 1. The molecule has 0 aliphatic carbocycles. The summed E-state index contributed by atoms with van der Waals surface area (Å²) in [5.74, 6) is 0.337. The average Bonchev–Trinajstić information content (AvgIpc) is 3.92. The van der Waals surface area contributed by atoms with Crippen LogP contribution in [-0.2, 0) is 13.1 Å². The van der Waals surface area contributed by atoms with Gasteiger partial charge >= 0.3 is 0 Å². The van der Waals surface area contributed by atoms with E-state index in [9.17, 15) is 13.6 Å². The van der Waals surface area contributed by atoms with Crippen molar-refractivity contribution < 1.29 is 18.0 Å². The molecule has 4 aliphatic rings. The Morgan fingerprint density at radius 2 is 1.73 bits per heavy atom. The lowest BCUT2D eigenvalue weighted by atomic mass is 10.0. The quantitative estimate of drug-likeness (QED) is 0.235. The topological polar surface area (TPSA) is 85.1 Å². The number of anilines is 2. The van der Waals surface area contributed by atoms with E-state index in [2.05, 4.69) is 20.2 Å². The standard InChI is InChI=1S/C39H40F3N9O/c40-26-9-11-32(41)29(20-26)34-6-3-14-49(34)36-12-15-51-38(46-36)30(22-44-51)33-5-1-7-35(45-33)48-18-16-47(17-19-48)23-25-8-10-28-31(37(25)42)24-50(39(28)52)27-4-2-13-43-21-27/h1,5,7-12,15,20,22,27,34,43H,2-4,6,13-14,16-19,21,23-24H2/t27?,34-/m1/s1. The summed E-state index contributed by atoms with van der Waals surface area (Å²) in [4.78, 5) is 31.5. The Kier molecular flexibility index (Phi) is 8.54. The zero-order chi connectivity index (χ0) is 35.3. The van der Waals surface area contributed by atoms with Gasteiger partial charge < -0.3 is 20.0 Å². The van der Waals surface area contributed by atoms with E-state index < -0.39 is 11.6 Å². The first-order valence-electron chi connectivity index (χ1n) is 18.2. The second kappa shape index (κ2) is 13.5. The summed E-state index contributed by atoms with van der Waals surface area (Å²) >= 11 is 0. The number of hydrogen-bond acceptors (Lipinski definition) is 8. The van der Waals surface area contributed by atoms with Gasteiger partial charge in [-0.1, -0.05) is 12.1 Å². The number of rotatable bonds is 7. The maximum absolute atomic E-state index is 15.8. The zero-order valence-corrected chi connectivity index (χ0v) is 28.8. The Balaban J connectivity index is 0.884. The molecule has 268 valence electrons. The summed E-state index contributed by atoms with van der Waals surface area (Å²) in [5.41, 5.74) is 4.15. The van der Waals surface area contributed by atoms with Crippen molar-refractivity contribution in [3.05, 3.63) is 107 Å². The van der Waals surface area contributed by atoms with E-state index in [0.717, 1.165) is 81.7 Å². The van der Waals surface area contributed by atoms with Crippen molar-refractivity contribution >= 4 is 23.2 Å². The van der Waals surface area contributed by atoms with Crippen LogP contribution in [0.2, 0.25) is 0 Å². The highest BCUT2D eigenvalue weighted by molar-refractivity contribution is 5.98. The lowest BCUT2D eigenvalue weighted by Crippen LogP contribution is -2.46. The highest BCUT2D eigenvalue weighted by Crippen LogP contribution is 2.38. The van der Waals surface area contributed by atoms with Crippen LogP contribution in [0.3, 0.4) is 0 Å². The van der Waals surface area contributed by atoms with Crippen LogP contribution in [0.5, 0.6) is 0 Å². The summed E-state index contributed by atoms with van der Waals surface area (Å²) < 4.78 is 46.4. The van der Waals surface area contributed by atoms with E-state index in [1.165, 1.54) is 12.1 Å². The summed E-state index contributed by atoms with van der Waals surface area (Å²) in [6.45, 7) is 6.18. The molecular weight excluding hydrogens is 667 g/mol. The van der Waals surface area contributed by atoms with E-state index in [-0.39, 0.29) is 23.8 Å². The van der Waals surface area contributed by atoms with Crippen LogP contribution in [0.4, 0.5) is 24.8 Å². The van der Waals surface area contributed by atoms with E-state index in [1.807, 2.05) is 46.3 Å². The van der Waals surface area contributed by atoms with E-state index in [4.69, 9.17) is 9.97 Å². The van der Waals surface area contributed by atoms with Crippen molar-refractivity contribution in [3.63, 3.8) is 0 Å². The molecule has 4 aliphatic heterocycles. The average molecular weight is 708 g/mol. The Morgan fingerprint density at radius 1 is 0.846 bits per heavy atom. The molecule has 3 aromatic heterocycles. The molecule has 0 bridgehead atoms. The van der Waals surface area contributed by atoms with E-state index in [1.54, 1.807) is 16.8 Å². The molecule has 9 rings (SSSR count). The van der Waals surface area contributed by atoms with Gasteiger partial charge in [0.15, 0.2) is 5.65 Å². The molecule has 2 atom stereocenters. The predicted octanol–water partition coefficient (Wildman–Crippen LogP) is 5.58. The monoisotopic (exact) mass is 707 g/mol. The number of carbonyl (C=O) groups is 1. The van der Waals surface area contributed by atoms with E-state index in [0.29, 0.717) is 59.8 Å². The number of benzene rings is 2. The second-order valence-corrected chi connectivity index (χ2v) is 14.3. The number of nitrogens with zero attached hydrogens (tertiary/aromatic N) is 8. The lowest BCUT2D eigenvalue weighted by molar-refractivity contribution is 0.0674. The number of halogens is 3. The molecular formula is C39H40F3N9O. The van der Waals surface area contributed by atoms with E-state index >= 15 is 4.39 Å². The van der Waals surface area contributed by atoms with Gasteiger partial charge in [-0.2, -0.15) is 5.10 Å². The van der Waals surface area contributed by atoms with Crippen molar-refractivity contribution in [1.29, 1.82) is 0 Å². The molecule has 7 heterocycles. The first-order chi connectivity index (χ1) is 25.4. The molecule has 0 radical (unpaired) electrons. The third-order valence-corrected chi connectivity index (χ3v) is 11.2. The van der Waals surface area contributed by atoms with Crippen LogP contribution in [0.25, 0.3) is 16.9 Å². The molecule has 5 aromatic rings. The molecule has 3 saturated heterocycles. The van der Waals surface area contributed by atoms with Crippen LogP contribution in [-0.4, -0.2) is 87.1 Å². The normalized spacial score (nSPS) is 21.1. The van der Waals surface area contributed by atoms with Gasteiger partial charge in [0.1, 0.15) is 29.1 Å². The van der Waals surface area contributed by atoms with Gasteiger partial charge in [0.2, 0.25) is 0 Å². The van der Waals surface area contributed by atoms with Crippen molar-refractivity contribution in [2.24, 2.45) is 0 Å². The molecule has 1 N–H and O–H groups in total. The number of piperazine rings is 1. The van der Waals surface area contributed by atoms with Crippen molar-refractivity contribution in [2.75, 3.05) is 55.6 Å². The number of fused-ring (bicyclic) bond motifs is 2. The molecule has 3 fully saturated rings. The van der Waals surface area contributed by atoms with Crippen molar-refractivity contribution in [2.45, 2.75) is 50.9 Å². The van der Waals surface area contributed by atoms with Gasteiger partial charge in [-0.3, -0.25) is 9.69 Å². The fourth-order valence-corrected chi connectivity index (χ4v) is 8.40. The fraction of sp³-hybridized carbons (Fsp3) is 0.385. The Morgan fingerprint density at radius 3 is 2.58 bits per heavy atom. The summed E-state index contributed by atoms with van der Waals surface area (Å²) in [6, 6.07) is 14.8. The van der Waals surface area contributed by atoms with Gasteiger partial charge in [-0.15, -0.1) is 0 Å². The van der Waals surface area contributed by atoms with Gasteiger partial charge in [0.05, 0.1) is 30.0 Å². The largest absolute Gasteiger partial charge is 0.354 e. The number of nitrogens with one attached hydrogen (secondary N) is 1. The predicted molar refractivity (Wildman–Crippen MR) is 192 cm³/mol. The number of piperidine rings is 1. The van der Waals surface area contributed by atoms with Crippen LogP contribution in [0.1, 0.15) is 58.8 Å². The van der Waals surface area contributed by atoms with Crippen LogP contribution >= 0.6 is 0 Å². The number of aromatic nitrogens is 4. The van der Waals surface area contributed by atoms with Gasteiger partial charge in [-0.05, 0) is 74.7 Å². The minimum atomic E-state index is -0.455. The first kappa shape index (κ1) is 32.9. The van der Waals surface area contributed by atoms with Gasteiger partial charge in [-0.25, -0.2) is 27.7 Å². The lowest BCUT2D eigenvalue weighted by Gasteiger charge is -2.35. The molecule has 52 heavy (non-hydrogen) atoms. The fourth-order valence-electron chi connectivity index (χ4n) is 8.40. The van der Waals surface area contributed by atoms with Gasteiger partial charge in [0, 0.05) is 80.3 Å². The minimum Gasteiger partial charge on any atom is -0.354 e. The first-order valence-corrected chi connectivity index (χ1v) is 18.2. The molecule has 0 saturated carbocycles. The molecule has 1 unspecified atom stereocenters. The molecule has 10 nitrogen and oxygen atoms in total.